The lowest BCUT2D eigenvalue weighted by molar-refractivity contribution is -0.137. The van der Waals surface area contributed by atoms with Crippen molar-refractivity contribution in [2.75, 3.05) is 26.3 Å². The lowest BCUT2D eigenvalue weighted by Gasteiger charge is -2.39. The zero-order valence-corrected chi connectivity index (χ0v) is 21.9. The fourth-order valence-corrected chi connectivity index (χ4v) is 9.64. The monoisotopic (exact) mass is 496 g/mol. The zero-order chi connectivity index (χ0) is 23.8. The van der Waals surface area contributed by atoms with E-state index in [2.05, 4.69) is 42.1 Å². The van der Waals surface area contributed by atoms with Gasteiger partial charge in [-0.15, -0.1) is 0 Å². The molecule has 1 aromatic carbocycles. The molecule has 2 saturated heterocycles. The van der Waals surface area contributed by atoms with Crippen molar-refractivity contribution in [2.24, 2.45) is 0 Å². The number of benzene rings is 1. The van der Waals surface area contributed by atoms with Gasteiger partial charge in [-0.25, -0.2) is 14.4 Å². The van der Waals surface area contributed by atoms with Gasteiger partial charge in [0.25, 0.3) is 7.59 Å². The molecular weight excluding hydrogens is 459 g/mol. The van der Waals surface area contributed by atoms with Gasteiger partial charge < -0.3 is 9.64 Å². The summed E-state index contributed by atoms with van der Waals surface area (Å²) in [4.78, 5) is 15.6. The molecule has 1 N–H and O–H groups in total. The predicted octanol–water partition coefficient (Wildman–Crippen LogP) is 4.68. The third kappa shape index (κ3) is 4.91. The number of halogens is 1. The molecule has 0 radical (unpaired) electrons. The van der Waals surface area contributed by atoms with Gasteiger partial charge in [-0.3, -0.25) is 9.36 Å². The molecule has 3 aliphatic rings. The molecular formula is C24H38ClN4O3P. The largest absolute Gasteiger partial charge is 0.378 e. The summed E-state index contributed by atoms with van der Waals surface area (Å²) in [7, 11) is -3.24. The van der Waals surface area contributed by atoms with Crippen LogP contribution in [0, 0.1) is 0 Å². The SMILES string of the molecule is CC(C)N1[C@@H]2CCCC[C@H]2N(C(C)C)P1(=O)N[C@H](C(=O)N1CCOCC1)c1ccc(Cl)cc1. The Hall–Kier alpha value is -0.950. The number of carbonyl (C=O) groups is 1. The van der Waals surface area contributed by atoms with E-state index in [0.717, 1.165) is 31.2 Å². The molecule has 2 heterocycles. The normalized spacial score (nSPS) is 27.2. The van der Waals surface area contributed by atoms with Gasteiger partial charge in [-0.05, 0) is 58.2 Å². The van der Waals surface area contributed by atoms with Crippen LogP contribution in [0.15, 0.2) is 24.3 Å². The van der Waals surface area contributed by atoms with Crippen molar-refractivity contribution in [3.05, 3.63) is 34.9 Å². The van der Waals surface area contributed by atoms with Gasteiger partial charge in [-0.1, -0.05) is 36.6 Å². The minimum atomic E-state index is -3.24. The number of rotatable bonds is 6. The van der Waals surface area contributed by atoms with Crippen LogP contribution in [0.3, 0.4) is 0 Å². The first-order valence-electron chi connectivity index (χ1n) is 12.3. The molecule has 0 unspecified atom stereocenters. The lowest BCUT2D eigenvalue weighted by atomic mass is 9.89. The number of hydrogen-bond donors (Lipinski definition) is 1. The fourth-order valence-electron chi connectivity index (χ4n) is 5.82. The van der Waals surface area contributed by atoms with Crippen LogP contribution in [0.25, 0.3) is 0 Å². The van der Waals surface area contributed by atoms with E-state index < -0.39 is 13.6 Å². The second kappa shape index (κ2) is 10.3. The van der Waals surface area contributed by atoms with Crippen molar-refractivity contribution >= 4 is 25.1 Å². The van der Waals surface area contributed by atoms with E-state index in [0.29, 0.717) is 31.3 Å². The number of amides is 1. The van der Waals surface area contributed by atoms with Crippen molar-refractivity contribution in [1.29, 1.82) is 0 Å². The van der Waals surface area contributed by atoms with Gasteiger partial charge >= 0.3 is 0 Å². The quantitative estimate of drug-likeness (QED) is 0.577. The number of hydrogen-bond acceptors (Lipinski definition) is 3. The van der Waals surface area contributed by atoms with Gasteiger partial charge in [0.2, 0.25) is 5.91 Å². The third-order valence-electron chi connectivity index (χ3n) is 7.13. The Bertz CT molecular complexity index is 847. The number of fused-ring (bicyclic) bond motifs is 1. The molecule has 0 aromatic heterocycles. The molecule has 3 fully saturated rings. The molecule has 0 bridgehead atoms. The second-order valence-electron chi connectivity index (χ2n) is 9.96. The first kappa shape index (κ1) is 25.2. The van der Waals surface area contributed by atoms with Gasteiger partial charge in [-0.2, -0.15) is 0 Å². The van der Waals surface area contributed by atoms with E-state index in [1.807, 2.05) is 17.0 Å². The third-order valence-corrected chi connectivity index (χ3v) is 10.7. The molecule has 1 saturated carbocycles. The van der Waals surface area contributed by atoms with Gasteiger partial charge in [0.05, 0.1) is 13.2 Å². The molecule has 1 amide bonds. The minimum Gasteiger partial charge on any atom is -0.378 e. The van der Waals surface area contributed by atoms with Crippen LogP contribution in [0.1, 0.15) is 65.0 Å². The molecule has 1 aliphatic carbocycles. The Morgan fingerprint density at radius 1 is 1.00 bits per heavy atom. The Balaban J connectivity index is 1.75. The van der Waals surface area contributed by atoms with Crippen molar-refractivity contribution in [2.45, 2.75) is 83.6 Å². The number of carbonyl (C=O) groups excluding carboxylic acids is 1. The highest BCUT2D eigenvalue weighted by Crippen LogP contribution is 2.63. The highest BCUT2D eigenvalue weighted by atomic mass is 35.5. The smallest absolute Gasteiger partial charge is 0.286 e. The van der Waals surface area contributed by atoms with Crippen molar-refractivity contribution in [1.82, 2.24) is 19.3 Å². The van der Waals surface area contributed by atoms with Crippen LogP contribution in [-0.4, -0.2) is 70.6 Å². The first-order valence-corrected chi connectivity index (χ1v) is 14.3. The van der Waals surface area contributed by atoms with E-state index in [4.69, 9.17) is 16.3 Å². The fraction of sp³-hybridized carbons (Fsp3) is 0.708. The maximum absolute atomic E-state index is 15.1. The van der Waals surface area contributed by atoms with E-state index in [1.54, 1.807) is 12.1 Å². The zero-order valence-electron chi connectivity index (χ0n) is 20.2. The van der Waals surface area contributed by atoms with Crippen LogP contribution in [0.4, 0.5) is 0 Å². The number of nitrogens with zero attached hydrogens (tertiary/aromatic N) is 3. The average molecular weight is 497 g/mol. The van der Waals surface area contributed by atoms with E-state index in [9.17, 15) is 4.79 Å². The van der Waals surface area contributed by atoms with Crippen LogP contribution >= 0.6 is 19.2 Å². The Morgan fingerprint density at radius 2 is 1.52 bits per heavy atom. The number of morpholine rings is 1. The molecule has 7 nitrogen and oxygen atoms in total. The summed E-state index contributed by atoms with van der Waals surface area (Å²) in [6.07, 6.45) is 4.40. The summed E-state index contributed by atoms with van der Waals surface area (Å²) >= 11 is 6.15. The number of nitrogens with one attached hydrogen (secondary N) is 1. The Morgan fingerprint density at radius 3 is 2.00 bits per heavy atom. The molecule has 2 aliphatic heterocycles. The highest BCUT2D eigenvalue weighted by Gasteiger charge is 2.58. The molecule has 3 atom stereocenters. The molecule has 0 spiro atoms. The Kier molecular flexibility index (Phi) is 7.89. The van der Waals surface area contributed by atoms with Crippen LogP contribution in [0.2, 0.25) is 5.02 Å². The van der Waals surface area contributed by atoms with Crippen LogP contribution in [-0.2, 0) is 14.1 Å². The predicted molar refractivity (Wildman–Crippen MR) is 132 cm³/mol. The van der Waals surface area contributed by atoms with Crippen molar-refractivity contribution < 1.29 is 14.1 Å². The number of ether oxygens (including phenoxy) is 1. The van der Waals surface area contributed by atoms with Gasteiger partial charge in [0.1, 0.15) is 6.04 Å². The average Bonchev–Trinajstić information content (AvgIpc) is 3.06. The van der Waals surface area contributed by atoms with Gasteiger partial charge in [0, 0.05) is 42.3 Å². The van der Waals surface area contributed by atoms with E-state index in [-0.39, 0.29) is 30.1 Å². The van der Waals surface area contributed by atoms with Gasteiger partial charge in [0.15, 0.2) is 0 Å². The summed E-state index contributed by atoms with van der Waals surface area (Å²) in [5.41, 5.74) is 0.786. The highest BCUT2D eigenvalue weighted by molar-refractivity contribution is 7.57. The molecule has 33 heavy (non-hydrogen) atoms. The summed E-state index contributed by atoms with van der Waals surface area (Å²) in [5, 5.41) is 4.09. The molecule has 1 aromatic rings. The van der Waals surface area contributed by atoms with Crippen LogP contribution in [0.5, 0.6) is 0 Å². The lowest BCUT2D eigenvalue weighted by Crippen LogP contribution is -2.48. The molecule has 9 heteroatoms. The molecule has 184 valence electrons. The topological polar surface area (TPSA) is 65.1 Å². The summed E-state index contributed by atoms with van der Waals surface area (Å²) in [6.45, 7) is 10.6. The summed E-state index contributed by atoms with van der Waals surface area (Å²) in [6, 6.07) is 7.29. The van der Waals surface area contributed by atoms with E-state index >= 15 is 4.57 Å². The minimum absolute atomic E-state index is 0.0573. The van der Waals surface area contributed by atoms with E-state index in [1.165, 1.54) is 0 Å². The molecule has 4 rings (SSSR count). The first-order chi connectivity index (χ1) is 15.7. The maximum atomic E-state index is 15.1. The standard InChI is InChI=1S/C24H38ClN4O3P/c1-17(2)28-21-7-5-6-8-22(21)29(18(3)4)33(28,31)26-23(19-9-11-20(25)12-10-19)24(30)27-13-15-32-16-14-27/h9-12,17-18,21-23H,5-8,13-16H2,1-4H3,(H,26,31)/t21-,22-,23+/m1/s1. The van der Waals surface area contributed by atoms with Crippen LogP contribution < -0.4 is 5.09 Å². The summed E-state index contributed by atoms with van der Waals surface area (Å²) < 4.78 is 24.9. The van der Waals surface area contributed by atoms with Crippen molar-refractivity contribution in [3.8, 4) is 0 Å². The second-order valence-corrected chi connectivity index (χ2v) is 12.7. The summed E-state index contributed by atoms with van der Waals surface area (Å²) in [5.74, 6) is -0.0573. The van der Waals surface area contributed by atoms with Crippen molar-refractivity contribution in [3.63, 3.8) is 0 Å². The maximum Gasteiger partial charge on any atom is 0.286 e. The Labute approximate surface area is 203 Å².